The maximum absolute atomic E-state index is 13.6. The predicted molar refractivity (Wildman–Crippen MR) is 80.7 cm³/mol. The number of β-amino-alcohol motifs (C(OH)–C–C–N with tert-alkyl or cyclic N) is 1. The molecule has 0 aromatic heterocycles. The fourth-order valence-electron chi connectivity index (χ4n) is 2.82. The van der Waals surface area contributed by atoms with Gasteiger partial charge in [-0.15, -0.1) is 0 Å². The van der Waals surface area contributed by atoms with Gasteiger partial charge in [0, 0.05) is 51.4 Å². The Hall–Kier alpha value is -1.01. The fraction of sp³-hybridized carbons (Fsp3) is 0.625. The van der Waals surface area contributed by atoms with Crippen LogP contribution in [0.2, 0.25) is 0 Å². The SMILES string of the molecule is COCC(C)N1CCN(CC(O)c2ccccc2F)CC1. The zero-order valence-corrected chi connectivity index (χ0v) is 12.8. The second-order valence-electron chi connectivity index (χ2n) is 5.68. The zero-order valence-electron chi connectivity index (χ0n) is 12.8. The summed E-state index contributed by atoms with van der Waals surface area (Å²) in [4.78, 5) is 4.57. The third-order valence-electron chi connectivity index (χ3n) is 4.13. The molecule has 1 fully saturated rings. The molecule has 1 aliphatic heterocycles. The van der Waals surface area contributed by atoms with Crippen molar-refractivity contribution >= 4 is 0 Å². The zero-order chi connectivity index (χ0) is 15.2. The number of aliphatic hydroxyl groups excluding tert-OH is 1. The molecule has 1 aromatic rings. The van der Waals surface area contributed by atoms with E-state index in [2.05, 4.69) is 16.7 Å². The lowest BCUT2D eigenvalue weighted by molar-refractivity contribution is 0.0363. The van der Waals surface area contributed by atoms with Gasteiger partial charge in [0.25, 0.3) is 0 Å². The Morgan fingerprint density at radius 3 is 2.52 bits per heavy atom. The molecule has 0 aliphatic carbocycles. The van der Waals surface area contributed by atoms with Crippen LogP contribution in [-0.2, 0) is 4.74 Å². The van der Waals surface area contributed by atoms with Crippen molar-refractivity contribution in [3.05, 3.63) is 35.6 Å². The number of ether oxygens (including phenoxy) is 1. The standard InChI is InChI=1S/C16H25FN2O2/c1-13(12-21-2)19-9-7-18(8-10-19)11-16(20)14-5-3-4-6-15(14)17/h3-6,13,16,20H,7-12H2,1-2H3. The summed E-state index contributed by atoms with van der Waals surface area (Å²) in [6.07, 6.45) is -0.769. The molecule has 1 aliphatic rings. The summed E-state index contributed by atoms with van der Waals surface area (Å²) in [5.74, 6) is -0.336. The number of piperazine rings is 1. The molecule has 2 rings (SSSR count). The third-order valence-corrected chi connectivity index (χ3v) is 4.13. The first-order valence-electron chi connectivity index (χ1n) is 7.49. The van der Waals surface area contributed by atoms with Crippen molar-refractivity contribution in [2.24, 2.45) is 0 Å². The molecule has 1 saturated heterocycles. The lowest BCUT2D eigenvalue weighted by Gasteiger charge is -2.38. The van der Waals surface area contributed by atoms with Gasteiger partial charge in [0.05, 0.1) is 12.7 Å². The predicted octanol–water partition coefficient (Wildman–Crippen LogP) is 1.51. The Labute approximate surface area is 126 Å². The Morgan fingerprint density at radius 2 is 1.90 bits per heavy atom. The minimum Gasteiger partial charge on any atom is -0.387 e. The van der Waals surface area contributed by atoms with Crippen LogP contribution in [0.5, 0.6) is 0 Å². The summed E-state index contributed by atoms with van der Waals surface area (Å²) in [6.45, 7) is 7.06. The van der Waals surface area contributed by atoms with Gasteiger partial charge >= 0.3 is 0 Å². The summed E-state index contributed by atoms with van der Waals surface area (Å²) in [5, 5.41) is 10.2. The summed E-state index contributed by atoms with van der Waals surface area (Å²) in [6, 6.07) is 6.85. The van der Waals surface area contributed by atoms with E-state index in [1.807, 2.05) is 0 Å². The molecule has 1 heterocycles. The number of hydrogen-bond donors (Lipinski definition) is 1. The molecule has 0 radical (unpaired) electrons. The molecule has 1 aromatic carbocycles. The summed E-state index contributed by atoms with van der Waals surface area (Å²) >= 11 is 0. The number of rotatable bonds is 6. The first-order valence-corrected chi connectivity index (χ1v) is 7.49. The highest BCUT2D eigenvalue weighted by Crippen LogP contribution is 2.18. The Kier molecular flexibility index (Phi) is 6.11. The van der Waals surface area contributed by atoms with Crippen molar-refractivity contribution in [3.63, 3.8) is 0 Å². The Balaban J connectivity index is 1.82. The second kappa shape index (κ2) is 7.84. The van der Waals surface area contributed by atoms with Crippen LogP contribution in [-0.4, -0.2) is 67.4 Å². The molecule has 0 saturated carbocycles. The molecule has 2 unspecified atom stereocenters. The van der Waals surface area contributed by atoms with E-state index < -0.39 is 6.10 Å². The van der Waals surface area contributed by atoms with Gasteiger partial charge in [-0.05, 0) is 13.0 Å². The Morgan fingerprint density at radius 1 is 1.24 bits per heavy atom. The van der Waals surface area contributed by atoms with E-state index in [1.165, 1.54) is 6.07 Å². The minimum atomic E-state index is -0.769. The number of halogens is 1. The second-order valence-corrected chi connectivity index (χ2v) is 5.68. The summed E-state index contributed by atoms with van der Waals surface area (Å²) in [7, 11) is 1.72. The Bertz CT molecular complexity index is 436. The highest BCUT2D eigenvalue weighted by molar-refractivity contribution is 5.20. The number of hydrogen-bond acceptors (Lipinski definition) is 4. The van der Waals surface area contributed by atoms with Crippen molar-refractivity contribution in [3.8, 4) is 0 Å². The van der Waals surface area contributed by atoms with Gasteiger partial charge in [-0.3, -0.25) is 9.80 Å². The van der Waals surface area contributed by atoms with Crippen LogP contribution >= 0.6 is 0 Å². The first-order chi connectivity index (χ1) is 10.1. The largest absolute Gasteiger partial charge is 0.387 e. The van der Waals surface area contributed by atoms with Gasteiger partial charge in [-0.2, -0.15) is 0 Å². The van der Waals surface area contributed by atoms with Crippen molar-refractivity contribution in [2.75, 3.05) is 46.4 Å². The van der Waals surface area contributed by atoms with Gasteiger partial charge in [-0.1, -0.05) is 18.2 Å². The third kappa shape index (κ3) is 4.48. The van der Waals surface area contributed by atoms with Crippen LogP contribution in [0.25, 0.3) is 0 Å². The van der Waals surface area contributed by atoms with Crippen LogP contribution < -0.4 is 0 Å². The van der Waals surface area contributed by atoms with Crippen LogP contribution in [0.4, 0.5) is 4.39 Å². The van der Waals surface area contributed by atoms with Crippen LogP contribution in [0.1, 0.15) is 18.6 Å². The first kappa shape index (κ1) is 16.4. The van der Waals surface area contributed by atoms with E-state index in [0.717, 1.165) is 32.8 Å². The molecular formula is C16H25FN2O2. The van der Waals surface area contributed by atoms with E-state index in [0.29, 0.717) is 18.2 Å². The lowest BCUT2D eigenvalue weighted by atomic mass is 10.1. The molecule has 0 bridgehead atoms. The van der Waals surface area contributed by atoms with Gasteiger partial charge in [0.1, 0.15) is 5.82 Å². The molecule has 118 valence electrons. The highest BCUT2D eigenvalue weighted by atomic mass is 19.1. The molecule has 21 heavy (non-hydrogen) atoms. The molecule has 0 amide bonds. The molecule has 5 heteroatoms. The molecule has 0 spiro atoms. The number of methoxy groups -OCH3 is 1. The maximum Gasteiger partial charge on any atom is 0.129 e. The maximum atomic E-state index is 13.6. The average molecular weight is 296 g/mol. The van der Waals surface area contributed by atoms with Gasteiger partial charge in [0.15, 0.2) is 0 Å². The van der Waals surface area contributed by atoms with Gasteiger partial charge in [-0.25, -0.2) is 4.39 Å². The normalized spacial score (nSPS) is 20.4. The van der Waals surface area contributed by atoms with Gasteiger partial charge < -0.3 is 9.84 Å². The van der Waals surface area contributed by atoms with E-state index in [9.17, 15) is 9.50 Å². The van der Waals surface area contributed by atoms with Crippen LogP contribution in [0.15, 0.2) is 24.3 Å². The quantitative estimate of drug-likeness (QED) is 0.863. The van der Waals surface area contributed by atoms with Crippen LogP contribution in [0, 0.1) is 5.82 Å². The minimum absolute atomic E-state index is 0.336. The van der Waals surface area contributed by atoms with Crippen molar-refractivity contribution in [1.29, 1.82) is 0 Å². The van der Waals surface area contributed by atoms with E-state index in [1.54, 1.807) is 25.3 Å². The average Bonchev–Trinajstić information content (AvgIpc) is 2.48. The molecule has 2 atom stereocenters. The fourth-order valence-corrected chi connectivity index (χ4v) is 2.82. The number of aliphatic hydroxyl groups is 1. The van der Waals surface area contributed by atoms with Crippen molar-refractivity contribution in [1.82, 2.24) is 9.80 Å². The topological polar surface area (TPSA) is 35.9 Å². The molecule has 1 N–H and O–H groups in total. The monoisotopic (exact) mass is 296 g/mol. The van der Waals surface area contributed by atoms with Crippen molar-refractivity contribution in [2.45, 2.75) is 19.1 Å². The van der Waals surface area contributed by atoms with Crippen molar-refractivity contribution < 1.29 is 14.2 Å². The molecular weight excluding hydrogens is 271 g/mol. The van der Waals surface area contributed by atoms with E-state index >= 15 is 0 Å². The lowest BCUT2D eigenvalue weighted by Crippen LogP contribution is -2.51. The van der Waals surface area contributed by atoms with E-state index in [4.69, 9.17) is 4.74 Å². The van der Waals surface area contributed by atoms with Crippen LogP contribution in [0.3, 0.4) is 0 Å². The molecule has 4 nitrogen and oxygen atoms in total. The number of benzene rings is 1. The summed E-state index contributed by atoms with van der Waals surface area (Å²) in [5.41, 5.74) is 0.382. The van der Waals surface area contributed by atoms with Gasteiger partial charge in [0.2, 0.25) is 0 Å². The number of nitrogens with zero attached hydrogens (tertiary/aromatic N) is 2. The van der Waals surface area contributed by atoms with E-state index in [-0.39, 0.29) is 5.82 Å². The highest BCUT2D eigenvalue weighted by Gasteiger charge is 2.23. The summed E-state index contributed by atoms with van der Waals surface area (Å²) < 4.78 is 18.8. The smallest absolute Gasteiger partial charge is 0.129 e.